The van der Waals surface area contributed by atoms with E-state index in [-0.39, 0.29) is 18.1 Å². The van der Waals surface area contributed by atoms with E-state index in [2.05, 4.69) is 71.2 Å². The largest absolute Gasteiger partial charge is 0.482 e. The van der Waals surface area contributed by atoms with E-state index in [1.54, 1.807) is 30.2 Å². The Hall–Kier alpha value is -1.58. The van der Waals surface area contributed by atoms with E-state index >= 15 is 0 Å². The highest BCUT2D eigenvalue weighted by molar-refractivity contribution is 14.1. The summed E-state index contributed by atoms with van der Waals surface area (Å²) in [5.41, 5.74) is 1.20. The van der Waals surface area contributed by atoms with Gasteiger partial charge in [-0.2, -0.15) is 9.78 Å². The van der Waals surface area contributed by atoms with E-state index in [9.17, 15) is 9.59 Å². The lowest BCUT2D eigenvalue weighted by molar-refractivity contribution is -0.137. The Kier molecular flexibility index (Phi) is 8.02. The van der Waals surface area contributed by atoms with Crippen LogP contribution in [0.4, 0.5) is 0 Å². The molecule has 1 saturated heterocycles. The Morgan fingerprint density at radius 3 is 2.64 bits per heavy atom. The van der Waals surface area contributed by atoms with Crippen molar-refractivity contribution < 1.29 is 14.3 Å². The summed E-state index contributed by atoms with van der Waals surface area (Å²) in [6, 6.07) is 9.18. The highest BCUT2D eigenvalue weighted by Gasteiger charge is 2.18. The summed E-state index contributed by atoms with van der Waals surface area (Å²) in [5.74, 6) is 1.10. The monoisotopic (exact) mass is 736 g/mol. The van der Waals surface area contributed by atoms with E-state index in [1.807, 2.05) is 18.2 Å². The molecule has 11 heteroatoms. The molecular weight excluding hydrogens is 718 g/mol. The standard InChI is InChI=1S/C22H19BrI2N4O4/c1-13-27-19-3-2-15(23)10-16(19)22(31)29(13)26-11-14-8-17(24)21(18(25)9-14)33-12-20(30)28-4-6-32-7-5-28/h2-3,8-11H,4-7,12H2,1H3. The second kappa shape index (κ2) is 10.8. The van der Waals surface area contributed by atoms with Crippen LogP contribution in [0.1, 0.15) is 11.4 Å². The number of morpholine rings is 1. The van der Waals surface area contributed by atoms with Gasteiger partial charge in [-0.15, -0.1) is 0 Å². The Balaban J connectivity index is 1.54. The lowest BCUT2D eigenvalue weighted by Crippen LogP contribution is -2.43. The number of aryl methyl sites for hydroxylation is 1. The van der Waals surface area contributed by atoms with E-state index in [1.165, 1.54) is 4.68 Å². The summed E-state index contributed by atoms with van der Waals surface area (Å²) >= 11 is 7.74. The van der Waals surface area contributed by atoms with Gasteiger partial charge >= 0.3 is 0 Å². The molecule has 172 valence electrons. The summed E-state index contributed by atoms with van der Waals surface area (Å²) in [7, 11) is 0. The van der Waals surface area contributed by atoms with Crippen LogP contribution >= 0.6 is 61.1 Å². The summed E-state index contributed by atoms with van der Waals surface area (Å²) in [6.07, 6.45) is 1.62. The molecule has 0 aliphatic carbocycles. The maximum absolute atomic E-state index is 12.9. The summed E-state index contributed by atoms with van der Waals surface area (Å²) in [5, 5.41) is 4.87. The van der Waals surface area contributed by atoms with E-state index in [4.69, 9.17) is 9.47 Å². The van der Waals surface area contributed by atoms with Gasteiger partial charge in [0.25, 0.3) is 11.5 Å². The fourth-order valence-electron chi connectivity index (χ4n) is 3.35. The molecule has 0 spiro atoms. The van der Waals surface area contributed by atoms with Gasteiger partial charge in [0.05, 0.1) is 37.5 Å². The first-order valence-corrected chi connectivity index (χ1v) is 13.0. The lowest BCUT2D eigenvalue weighted by Gasteiger charge is -2.26. The van der Waals surface area contributed by atoms with Gasteiger partial charge < -0.3 is 14.4 Å². The molecule has 0 atom stereocenters. The van der Waals surface area contributed by atoms with E-state index in [0.717, 1.165) is 17.2 Å². The maximum atomic E-state index is 12.9. The normalized spacial score (nSPS) is 14.2. The van der Waals surface area contributed by atoms with Crippen molar-refractivity contribution in [1.82, 2.24) is 14.6 Å². The highest BCUT2D eigenvalue weighted by atomic mass is 127. The zero-order chi connectivity index (χ0) is 23.5. The summed E-state index contributed by atoms with van der Waals surface area (Å²) in [6.45, 7) is 4.02. The third-order valence-corrected chi connectivity index (χ3v) is 7.11. The number of benzene rings is 2. The third kappa shape index (κ3) is 5.74. The van der Waals surface area contributed by atoms with Crippen molar-refractivity contribution >= 4 is 84.1 Å². The van der Waals surface area contributed by atoms with Crippen molar-refractivity contribution in [3.63, 3.8) is 0 Å². The summed E-state index contributed by atoms with van der Waals surface area (Å²) in [4.78, 5) is 31.5. The number of rotatable bonds is 5. The van der Waals surface area contributed by atoms with Crippen molar-refractivity contribution in [3.05, 3.63) is 63.7 Å². The third-order valence-electron chi connectivity index (χ3n) is 5.02. The van der Waals surface area contributed by atoms with Crippen LogP contribution in [0.15, 0.2) is 44.7 Å². The molecule has 4 rings (SSSR count). The van der Waals surface area contributed by atoms with Gasteiger partial charge in [0.2, 0.25) is 0 Å². The number of carbonyl (C=O) groups excluding carboxylic acids is 1. The molecule has 2 aromatic carbocycles. The van der Waals surface area contributed by atoms with Crippen LogP contribution in [-0.2, 0) is 9.53 Å². The minimum atomic E-state index is -0.235. The first kappa shape index (κ1) is 24.5. The van der Waals surface area contributed by atoms with Crippen molar-refractivity contribution in [2.45, 2.75) is 6.92 Å². The molecule has 1 aromatic heterocycles. The Morgan fingerprint density at radius 2 is 1.94 bits per heavy atom. The number of hydrogen-bond donors (Lipinski definition) is 0. The fraction of sp³-hybridized carbons (Fsp3) is 0.273. The Morgan fingerprint density at radius 1 is 1.24 bits per heavy atom. The molecule has 2 heterocycles. The number of amides is 1. The number of ether oxygens (including phenoxy) is 2. The smallest absolute Gasteiger partial charge is 0.282 e. The van der Waals surface area contributed by atoms with Gasteiger partial charge in [-0.25, -0.2) is 4.98 Å². The zero-order valence-electron chi connectivity index (χ0n) is 17.6. The first-order valence-electron chi connectivity index (χ1n) is 10.0. The fourth-order valence-corrected chi connectivity index (χ4v) is 5.84. The lowest BCUT2D eigenvalue weighted by atomic mass is 10.2. The van der Waals surface area contributed by atoms with Gasteiger partial charge in [0, 0.05) is 17.6 Å². The molecule has 8 nitrogen and oxygen atoms in total. The predicted octanol–water partition coefficient (Wildman–Crippen LogP) is 3.80. The average Bonchev–Trinajstić information content (AvgIpc) is 2.79. The minimum absolute atomic E-state index is 0.0215. The van der Waals surface area contributed by atoms with Crippen LogP contribution < -0.4 is 10.3 Å². The van der Waals surface area contributed by atoms with E-state index < -0.39 is 0 Å². The molecule has 0 radical (unpaired) electrons. The number of nitrogens with zero attached hydrogens (tertiary/aromatic N) is 4. The van der Waals surface area contributed by atoms with Crippen LogP contribution in [0.25, 0.3) is 10.9 Å². The first-order chi connectivity index (χ1) is 15.8. The van der Waals surface area contributed by atoms with Crippen LogP contribution in [0.5, 0.6) is 5.75 Å². The Bertz CT molecular complexity index is 1280. The van der Waals surface area contributed by atoms with Gasteiger partial charge in [-0.1, -0.05) is 15.9 Å². The van der Waals surface area contributed by atoms with Crippen molar-refractivity contribution in [2.75, 3.05) is 32.9 Å². The molecule has 0 saturated carbocycles. The van der Waals surface area contributed by atoms with Crippen LogP contribution in [0.3, 0.4) is 0 Å². The quantitative estimate of drug-likeness (QED) is 0.294. The minimum Gasteiger partial charge on any atom is -0.482 e. The molecule has 1 fully saturated rings. The average molecular weight is 737 g/mol. The topological polar surface area (TPSA) is 86.0 Å². The van der Waals surface area contributed by atoms with Crippen LogP contribution in [0.2, 0.25) is 0 Å². The number of fused-ring (bicyclic) bond motifs is 1. The predicted molar refractivity (Wildman–Crippen MR) is 146 cm³/mol. The second-order valence-corrected chi connectivity index (χ2v) is 10.5. The second-order valence-electron chi connectivity index (χ2n) is 7.28. The number of hydrogen-bond acceptors (Lipinski definition) is 6. The van der Waals surface area contributed by atoms with E-state index in [0.29, 0.717) is 48.8 Å². The molecule has 0 unspecified atom stereocenters. The van der Waals surface area contributed by atoms with Crippen molar-refractivity contribution in [1.29, 1.82) is 0 Å². The molecule has 1 amide bonds. The zero-order valence-corrected chi connectivity index (χ0v) is 23.5. The molecule has 0 N–H and O–H groups in total. The van der Waals surface area contributed by atoms with Crippen LogP contribution in [0, 0.1) is 14.1 Å². The van der Waals surface area contributed by atoms with Gasteiger partial charge in [-0.05, 0) is 88.0 Å². The SMILES string of the molecule is Cc1nc2ccc(Br)cc2c(=O)n1N=Cc1cc(I)c(OCC(=O)N2CCOCC2)c(I)c1. The highest BCUT2D eigenvalue weighted by Crippen LogP contribution is 2.28. The number of aromatic nitrogens is 2. The molecule has 33 heavy (non-hydrogen) atoms. The molecule has 0 bridgehead atoms. The molecule has 3 aromatic rings. The number of halogens is 3. The summed E-state index contributed by atoms with van der Waals surface area (Å²) < 4.78 is 14.9. The van der Waals surface area contributed by atoms with Crippen molar-refractivity contribution in [3.8, 4) is 5.75 Å². The van der Waals surface area contributed by atoms with Crippen molar-refractivity contribution in [2.24, 2.45) is 5.10 Å². The molecule has 1 aliphatic rings. The Labute approximate surface area is 225 Å². The molecule has 1 aliphatic heterocycles. The maximum Gasteiger partial charge on any atom is 0.282 e. The number of carbonyl (C=O) groups is 1. The van der Waals surface area contributed by atoms with Gasteiger partial charge in [-0.3, -0.25) is 9.59 Å². The van der Waals surface area contributed by atoms with Crippen LogP contribution in [-0.4, -0.2) is 59.6 Å². The van der Waals surface area contributed by atoms with Gasteiger partial charge in [0.1, 0.15) is 11.6 Å². The molecular formula is C22H19BrI2N4O4. The van der Waals surface area contributed by atoms with Gasteiger partial charge in [0.15, 0.2) is 6.61 Å².